The fourth-order valence-electron chi connectivity index (χ4n) is 3.33. The molecule has 0 aromatic carbocycles. The molecule has 1 N–H and O–H groups in total. The zero-order valence-corrected chi connectivity index (χ0v) is 6.75. The van der Waals surface area contributed by atoms with Crippen LogP contribution in [0.4, 0.5) is 0 Å². The lowest BCUT2D eigenvalue weighted by Gasteiger charge is -2.19. The zero-order valence-electron chi connectivity index (χ0n) is 6.75. The summed E-state index contributed by atoms with van der Waals surface area (Å²) in [6.07, 6.45) is 3.44. The van der Waals surface area contributed by atoms with Gasteiger partial charge in [-0.05, 0) is 31.1 Å². The van der Waals surface area contributed by atoms with E-state index in [1.165, 1.54) is 0 Å². The number of carbonyl (C=O) groups excluding carboxylic acids is 2. The Bertz CT molecular complexity index is 248. The summed E-state index contributed by atoms with van der Waals surface area (Å²) in [4.78, 5) is 22.6. The fraction of sp³-hybridized carbons (Fsp3) is 0.778. The molecule has 3 fully saturated rings. The highest BCUT2D eigenvalue weighted by molar-refractivity contribution is 6.05. The SMILES string of the molecule is O=C1NC(=O)[C@@H]2[C@H]3CC[C@@H](C3)[C@@H]12. The van der Waals surface area contributed by atoms with Crippen molar-refractivity contribution in [3.05, 3.63) is 0 Å². The Morgan fingerprint density at radius 3 is 2.00 bits per heavy atom. The van der Waals surface area contributed by atoms with E-state index in [-0.39, 0.29) is 23.7 Å². The second kappa shape index (κ2) is 1.90. The van der Waals surface area contributed by atoms with Crippen LogP contribution in [0.25, 0.3) is 0 Å². The van der Waals surface area contributed by atoms with E-state index in [0.717, 1.165) is 19.3 Å². The average Bonchev–Trinajstić information content (AvgIpc) is 2.64. The van der Waals surface area contributed by atoms with E-state index in [9.17, 15) is 9.59 Å². The van der Waals surface area contributed by atoms with Gasteiger partial charge >= 0.3 is 0 Å². The molecule has 64 valence electrons. The first-order valence-electron chi connectivity index (χ1n) is 4.62. The second-order valence-electron chi connectivity index (χ2n) is 4.24. The van der Waals surface area contributed by atoms with Crippen LogP contribution in [-0.4, -0.2) is 11.8 Å². The van der Waals surface area contributed by atoms with Crippen molar-refractivity contribution in [2.45, 2.75) is 19.3 Å². The van der Waals surface area contributed by atoms with Gasteiger partial charge in [0.05, 0.1) is 11.8 Å². The van der Waals surface area contributed by atoms with Gasteiger partial charge in [0.1, 0.15) is 0 Å². The monoisotopic (exact) mass is 165 g/mol. The molecule has 1 saturated heterocycles. The third-order valence-electron chi connectivity index (χ3n) is 3.77. The van der Waals surface area contributed by atoms with Crippen LogP contribution in [0.1, 0.15) is 19.3 Å². The Labute approximate surface area is 70.5 Å². The summed E-state index contributed by atoms with van der Waals surface area (Å²) < 4.78 is 0. The van der Waals surface area contributed by atoms with Gasteiger partial charge in [-0.15, -0.1) is 0 Å². The van der Waals surface area contributed by atoms with Crippen molar-refractivity contribution in [2.75, 3.05) is 0 Å². The van der Waals surface area contributed by atoms with Crippen LogP contribution in [-0.2, 0) is 9.59 Å². The van der Waals surface area contributed by atoms with Crippen LogP contribution in [0.2, 0.25) is 0 Å². The Balaban J connectivity index is 2.03. The van der Waals surface area contributed by atoms with Crippen molar-refractivity contribution in [2.24, 2.45) is 23.7 Å². The molecule has 0 aromatic heterocycles. The molecule has 4 atom stereocenters. The molecule has 0 aromatic rings. The van der Waals surface area contributed by atoms with E-state index in [1.807, 2.05) is 0 Å². The van der Waals surface area contributed by atoms with Gasteiger partial charge in [0.15, 0.2) is 0 Å². The minimum Gasteiger partial charge on any atom is -0.296 e. The van der Waals surface area contributed by atoms with Crippen molar-refractivity contribution in [3.63, 3.8) is 0 Å². The second-order valence-corrected chi connectivity index (χ2v) is 4.24. The van der Waals surface area contributed by atoms with Gasteiger partial charge in [-0.3, -0.25) is 14.9 Å². The highest BCUT2D eigenvalue weighted by atomic mass is 16.2. The van der Waals surface area contributed by atoms with Crippen molar-refractivity contribution < 1.29 is 9.59 Å². The Morgan fingerprint density at radius 1 is 1.00 bits per heavy atom. The van der Waals surface area contributed by atoms with Crippen LogP contribution in [0, 0.1) is 23.7 Å². The van der Waals surface area contributed by atoms with Crippen molar-refractivity contribution in [3.8, 4) is 0 Å². The topological polar surface area (TPSA) is 46.2 Å². The van der Waals surface area contributed by atoms with Crippen LogP contribution in [0.5, 0.6) is 0 Å². The number of imide groups is 1. The van der Waals surface area contributed by atoms with E-state index in [4.69, 9.17) is 0 Å². The summed E-state index contributed by atoms with van der Waals surface area (Å²) in [6, 6.07) is 0. The lowest BCUT2D eigenvalue weighted by Crippen LogP contribution is -2.24. The van der Waals surface area contributed by atoms with Crippen molar-refractivity contribution >= 4 is 11.8 Å². The lowest BCUT2D eigenvalue weighted by atomic mass is 9.81. The molecule has 2 aliphatic carbocycles. The highest BCUT2D eigenvalue weighted by Crippen LogP contribution is 2.54. The summed E-state index contributed by atoms with van der Waals surface area (Å²) in [5.74, 6) is 1.14. The number of hydrogen-bond donors (Lipinski definition) is 1. The number of nitrogens with one attached hydrogen (secondary N) is 1. The predicted octanol–water partition coefficient (Wildman–Crippen LogP) is 0.305. The van der Waals surface area contributed by atoms with E-state index in [0.29, 0.717) is 11.8 Å². The molecule has 0 unspecified atom stereocenters. The Hall–Kier alpha value is -0.860. The zero-order chi connectivity index (χ0) is 8.29. The van der Waals surface area contributed by atoms with E-state index in [1.54, 1.807) is 0 Å². The average molecular weight is 165 g/mol. The molecular formula is C9H11NO2. The summed E-state index contributed by atoms with van der Waals surface area (Å²) >= 11 is 0. The first-order valence-corrected chi connectivity index (χ1v) is 4.62. The lowest BCUT2D eigenvalue weighted by molar-refractivity contribution is -0.126. The molecular weight excluding hydrogens is 154 g/mol. The maximum Gasteiger partial charge on any atom is 0.230 e. The third-order valence-corrected chi connectivity index (χ3v) is 3.77. The molecule has 2 saturated carbocycles. The molecule has 3 aliphatic rings. The molecule has 3 heteroatoms. The van der Waals surface area contributed by atoms with Gasteiger partial charge in [0.25, 0.3) is 0 Å². The molecule has 2 bridgehead atoms. The Morgan fingerprint density at radius 2 is 1.50 bits per heavy atom. The molecule has 0 radical (unpaired) electrons. The van der Waals surface area contributed by atoms with Gasteiger partial charge in [-0.1, -0.05) is 0 Å². The van der Waals surface area contributed by atoms with Crippen LogP contribution >= 0.6 is 0 Å². The summed E-state index contributed by atoms with van der Waals surface area (Å²) in [7, 11) is 0. The number of amides is 2. The first-order chi connectivity index (χ1) is 5.77. The van der Waals surface area contributed by atoms with Gasteiger partial charge in [-0.25, -0.2) is 0 Å². The van der Waals surface area contributed by atoms with E-state index in [2.05, 4.69) is 5.32 Å². The molecule has 0 spiro atoms. The number of carbonyl (C=O) groups is 2. The molecule has 2 amide bonds. The van der Waals surface area contributed by atoms with Gasteiger partial charge in [-0.2, -0.15) is 0 Å². The van der Waals surface area contributed by atoms with E-state index < -0.39 is 0 Å². The van der Waals surface area contributed by atoms with Crippen LogP contribution in [0.15, 0.2) is 0 Å². The predicted molar refractivity (Wildman–Crippen MR) is 41.0 cm³/mol. The van der Waals surface area contributed by atoms with Crippen molar-refractivity contribution in [1.82, 2.24) is 5.32 Å². The maximum absolute atomic E-state index is 11.3. The third kappa shape index (κ3) is 0.586. The summed E-state index contributed by atoms with van der Waals surface area (Å²) in [5.41, 5.74) is 0. The summed E-state index contributed by atoms with van der Waals surface area (Å²) in [6.45, 7) is 0. The van der Waals surface area contributed by atoms with Gasteiger partial charge < -0.3 is 0 Å². The van der Waals surface area contributed by atoms with E-state index >= 15 is 0 Å². The molecule has 3 nitrogen and oxygen atoms in total. The number of hydrogen-bond acceptors (Lipinski definition) is 2. The molecule has 1 heterocycles. The van der Waals surface area contributed by atoms with Crippen molar-refractivity contribution in [1.29, 1.82) is 0 Å². The smallest absolute Gasteiger partial charge is 0.230 e. The molecule has 1 aliphatic heterocycles. The normalized spacial score (nSPS) is 49.7. The van der Waals surface area contributed by atoms with Gasteiger partial charge in [0.2, 0.25) is 11.8 Å². The highest BCUT2D eigenvalue weighted by Gasteiger charge is 2.57. The minimum atomic E-state index is -0.00259. The molecule has 3 rings (SSSR count). The quantitative estimate of drug-likeness (QED) is 0.525. The number of fused-ring (bicyclic) bond motifs is 5. The Kier molecular flexibility index (Phi) is 1.05. The van der Waals surface area contributed by atoms with Crippen LogP contribution in [0.3, 0.4) is 0 Å². The minimum absolute atomic E-state index is 0.00259. The van der Waals surface area contributed by atoms with Crippen LogP contribution < -0.4 is 5.32 Å². The first kappa shape index (κ1) is 6.63. The largest absolute Gasteiger partial charge is 0.296 e. The maximum atomic E-state index is 11.3. The fourth-order valence-corrected chi connectivity index (χ4v) is 3.33. The summed E-state index contributed by atoms with van der Waals surface area (Å²) in [5, 5.41) is 2.44. The van der Waals surface area contributed by atoms with Gasteiger partial charge in [0, 0.05) is 0 Å². The molecule has 12 heavy (non-hydrogen) atoms. The standard InChI is InChI=1S/C9H11NO2/c11-8-6-4-1-2-5(3-4)7(6)9(12)10-8/h4-7H,1-3H2,(H,10,11,12)/t4-,5-,6+,7+/m0/s1. The number of rotatable bonds is 0.